The van der Waals surface area contributed by atoms with Gasteiger partial charge < -0.3 is 30.4 Å². The van der Waals surface area contributed by atoms with Crippen LogP contribution in [0.4, 0.5) is 15.5 Å². The second-order valence-electron chi connectivity index (χ2n) is 8.19. The number of carbonyl (C=O) groups excluding carboxylic acids is 2. The lowest BCUT2D eigenvalue weighted by Gasteiger charge is -2.22. The van der Waals surface area contributed by atoms with E-state index in [0.29, 0.717) is 35.9 Å². The number of alkyl carbamates (subject to hydrolysis) is 1. The van der Waals surface area contributed by atoms with Gasteiger partial charge in [0, 0.05) is 17.4 Å². The van der Waals surface area contributed by atoms with Crippen LogP contribution in [-0.4, -0.2) is 30.9 Å². The Balaban J connectivity index is 1.25. The molecular weight excluding hydrogens is 456 g/mol. The molecule has 34 heavy (non-hydrogen) atoms. The van der Waals surface area contributed by atoms with Crippen LogP contribution in [0.25, 0.3) is 0 Å². The molecule has 1 unspecified atom stereocenters. The number of hydrogen-bond acceptors (Lipinski definition) is 8. The SMILES string of the molecule is COc1cccc(CCC(=O)Nc2sc3c(c2N)CCC(COC(=O)NCc2ccno2)C3)c1. The predicted octanol–water partition coefficient (Wildman–Crippen LogP) is 3.93. The Morgan fingerprint density at radius 1 is 1.32 bits per heavy atom. The smallest absolute Gasteiger partial charge is 0.407 e. The summed E-state index contributed by atoms with van der Waals surface area (Å²) in [5.74, 6) is 1.47. The largest absolute Gasteiger partial charge is 0.497 e. The molecular formula is C24H28N4O5S. The Kier molecular flexibility index (Phi) is 7.69. The van der Waals surface area contributed by atoms with E-state index in [9.17, 15) is 9.59 Å². The summed E-state index contributed by atoms with van der Waals surface area (Å²) in [4.78, 5) is 25.6. The summed E-state index contributed by atoms with van der Waals surface area (Å²) in [6, 6.07) is 9.38. The molecule has 9 nitrogen and oxygen atoms in total. The molecule has 4 rings (SSSR count). The molecule has 2 aromatic heterocycles. The maximum atomic E-state index is 12.5. The number of aromatic nitrogens is 1. The van der Waals surface area contributed by atoms with Crippen LogP contribution in [0, 0.1) is 5.92 Å². The van der Waals surface area contributed by atoms with Crippen LogP contribution in [-0.2, 0) is 35.3 Å². The summed E-state index contributed by atoms with van der Waals surface area (Å²) in [6.45, 7) is 0.553. The first-order chi connectivity index (χ1) is 16.5. The number of amides is 2. The third kappa shape index (κ3) is 6.07. The number of aryl methyl sites for hydroxylation is 1. The van der Waals surface area contributed by atoms with Gasteiger partial charge in [-0.3, -0.25) is 4.79 Å². The number of nitrogens with two attached hydrogens (primary N) is 1. The Hall–Kier alpha value is -3.53. The van der Waals surface area contributed by atoms with Crippen molar-refractivity contribution in [1.82, 2.24) is 10.5 Å². The Labute approximate surface area is 201 Å². The third-order valence-corrected chi connectivity index (χ3v) is 6.97. The highest BCUT2D eigenvalue weighted by atomic mass is 32.1. The minimum Gasteiger partial charge on any atom is -0.497 e. The van der Waals surface area contributed by atoms with Crippen LogP contribution >= 0.6 is 11.3 Å². The van der Waals surface area contributed by atoms with E-state index in [1.807, 2.05) is 24.3 Å². The molecule has 180 valence electrons. The molecule has 0 fully saturated rings. The molecule has 2 amide bonds. The van der Waals surface area contributed by atoms with E-state index in [-0.39, 0.29) is 18.4 Å². The van der Waals surface area contributed by atoms with Gasteiger partial charge in [0.1, 0.15) is 10.8 Å². The van der Waals surface area contributed by atoms with Crippen molar-refractivity contribution in [2.45, 2.75) is 38.6 Å². The van der Waals surface area contributed by atoms with Crippen molar-refractivity contribution in [3.63, 3.8) is 0 Å². The maximum absolute atomic E-state index is 12.5. The number of anilines is 2. The Morgan fingerprint density at radius 2 is 2.21 bits per heavy atom. The average Bonchev–Trinajstić information content (AvgIpc) is 3.48. The van der Waals surface area contributed by atoms with Crippen molar-refractivity contribution in [3.05, 3.63) is 58.3 Å². The van der Waals surface area contributed by atoms with Gasteiger partial charge in [-0.2, -0.15) is 0 Å². The molecule has 0 spiro atoms. The molecule has 1 aliphatic carbocycles. The molecule has 4 N–H and O–H groups in total. The second kappa shape index (κ2) is 11.1. The highest BCUT2D eigenvalue weighted by Gasteiger charge is 2.26. The molecule has 0 aliphatic heterocycles. The number of thiophene rings is 1. The fourth-order valence-electron chi connectivity index (χ4n) is 3.93. The summed E-state index contributed by atoms with van der Waals surface area (Å²) in [5, 5.41) is 9.91. The number of hydrogen-bond donors (Lipinski definition) is 3. The number of nitrogens with zero attached hydrogens (tertiary/aromatic N) is 1. The predicted molar refractivity (Wildman–Crippen MR) is 129 cm³/mol. The third-order valence-electron chi connectivity index (χ3n) is 5.78. The normalized spacial score (nSPS) is 14.8. The molecule has 10 heteroatoms. The molecule has 0 bridgehead atoms. The van der Waals surface area contributed by atoms with Crippen LogP contribution in [0.2, 0.25) is 0 Å². The number of benzene rings is 1. The van der Waals surface area contributed by atoms with E-state index < -0.39 is 6.09 Å². The zero-order valence-electron chi connectivity index (χ0n) is 19.0. The summed E-state index contributed by atoms with van der Waals surface area (Å²) in [6.07, 6.45) is 4.43. The van der Waals surface area contributed by atoms with Gasteiger partial charge >= 0.3 is 6.09 Å². The van der Waals surface area contributed by atoms with E-state index >= 15 is 0 Å². The van der Waals surface area contributed by atoms with E-state index in [1.54, 1.807) is 13.2 Å². The Bertz CT molecular complexity index is 1130. The maximum Gasteiger partial charge on any atom is 0.407 e. The molecule has 1 atom stereocenters. The number of rotatable bonds is 9. The number of carbonyl (C=O) groups is 2. The van der Waals surface area contributed by atoms with Gasteiger partial charge in [0.25, 0.3) is 0 Å². The molecule has 2 heterocycles. The van der Waals surface area contributed by atoms with E-state index in [0.717, 1.165) is 41.0 Å². The van der Waals surface area contributed by atoms with Gasteiger partial charge in [0.2, 0.25) is 5.91 Å². The lowest BCUT2D eigenvalue weighted by Crippen LogP contribution is -2.27. The van der Waals surface area contributed by atoms with Crippen LogP contribution < -0.4 is 21.1 Å². The quantitative estimate of drug-likeness (QED) is 0.420. The minimum absolute atomic E-state index is 0.0728. The van der Waals surface area contributed by atoms with Gasteiger partial charge in [0.15, 0.2) is 5.76 Å². The molecule has 0 radical (unpaired) electrons. The molecule has 0 saturated carbocycles. The number of nitrogen functional groups attached to an aromatic ring is 1. The van der Waals surface area contributed by atoms with E-state index in [1.165, 1.54) is 17.5 Å². The van der Waals surface area contributed by atoms with Crippen molar-refractivity contribution >= 4 is 34.0 Å². The van der Waals surface area contributed by atoms with Crippen molar-refractivity contribution in [2.75, 3.05) is 24.8 Å². The standard InChI is InChI=1S/C24H28N4O5S/c1-31-17-4-2-3-15(11-17)6-8-21(29)28-23-22(25)19-7-5-16(12-20(19)34-23)14-32-24(30)26-13-18-9-10-27-33-18/h2-4,9-11,16H,5-8,12-14,25H2,1H3,(H,26,30)(H,28,29). The molecule has 3 aromatic rings. The first-order valence-corrected chi connectivity index (χ1v) is 12.0. The van der Waals surface area contributed by atoms with Crippen LogP contribution in [0.1, 0.15) is 34.6 Å². The zero-order chi connectivity index (χ0) is 23.9. The van der Waals surface area contributed by atoms with Gasteiger partial charge in [-0.1, -0.05) is 17.3 Å². The molecule has 1 aromatic carbocycles. The van der Waals surface area contributed by atoms with Gasteiger partial charge in [-0.25, -0.2) is 4.79 Å². The highest BCUT2D eigenvalue weighted by Crippen LogP contribution is 2.41. The van der Waals surface area contributed by atoms with Crippen molar-refractivity contribution in [3.8, 4) is 5.75 Å². The van der Waals surface area contributed by atoms with Crippen molar-refractivity contribution in [2.24, 2.45) is 5.92 Å². The summed E-state index contributed by atoms with van der Waals surface area (Å²) in [7, 11) is 1.62. The highest BCUT2D eigenvalue weighted by molar-refractivity contribution is 7.17. The first-order valence-electron chi connectivity index (χ1n) is 11.1. The van der Waals surface area contributed by atoms with Crippen LogP contribution in [0.15, 0.2) is 41.1 Å². The first kappa shape index (κ1) is 23.6. The number of nitrogens with one attached hydrogen (secondary N) is 2. The van der Waals surface area contributed by atoms with Gasteiger partial charge in [-0.05, 0) is 54.9 Å². The molecule has 1 aliphatic rings. The summed E-state index contributed by atoms with van der Waals surface area (Å²) >= 11 is 1.51. The van der Waals surface area contributed by atoms with E-state index in [2.05, 4.69) is 15.8 Å². The van der Waals surface area contributed by atoms with Gasteiger partial charge in [0.05, 0.1) is 32.1 Å². The average molecular weight is 485 g/mol. The monoisotopic (exact) mass is 484 g/mol. The summed E-state index contributed by atoms with van der Waals surface area (Å²) < 4.78 is 15.5. The van der Waals surface area contributed by atoms with Crippen LogP contribution in [0.5, 0.6) is 5.75 Å². The van der Waals surface area contributed by atoms with Gasteiger partial charge in [-0.15, -0.1) is 11.3 Å². The lowest BCUT2D eigenvalue weighted by atomic mass is 9.89. The van der Waals surface area contributed by atoms with Crippen molar-refractivity contribution < 1.29 is 23.6 Å². The number of fused-ring (bicyclic) bond motifs is 1. The number of ether oxygens (including phenoxy) is 2. The second-order valence-corrected chi connectivity index (χ2v) is 9.29. The summed E-state index contributed by atoms with van der Waals surface area (Å²) in [5.41, 5.74) is 9.13. The molecule has 0 saturated heterocycles. The lowest BCUT2D eigenvalue weighted by molar-refractivity contribution is -0.116. The topological polar surface area (TPSA) is 129 Å². The zero-order valence-corrected chi connectivity index (χ0v) is 19.8. The minimum atomic E-state index is -0.489. The van der Waals surface area contributed by atoms with E-state index in [4.69, 9.17) is 19.7 Å². The fraction of sp³-hybridized carbons (Fsp3) is 0.375. The number of methoxy groups -OCH3 is 1. The Morgan fingerprint density at radius 3 is 3.00 bits per heavy atom. The van der Waals surface area contributed by atoms with Crippen LogP contribution in [0.3, 0.4) is 0 Å². The van der Waals surface area contributed by atoms with Crippen molar-refractivity contribution in [1.29, 1.82) is 0 Å². The fourth-order valence-corrected chi connectivity index (χ4v) is 5.22.